The van der Waals surface area contributed by atoms with Gasteiger partial charge in [0.05, 0.1) is 21.0 Å². The summed E-state index contributed by atoms with van der Waals surface area (Å²) in [5, 5.41) is 13.0. The number of nitrogens with zero attached hydrogens (tertiary/aromatic N) is 4. The summed E-state index contributed by atoms with van der Waals surface area (Å²) in [6.45, 7) is 1.59. The first kappa shape index (κ1) is 17.7. The number of hydrogen-bond acceptors (Lipinski definition) is 8. The molecule has 0 spiro atoms. The van der Waals surface area contributed by atoms with E-state index in [2.05, 4.69) is 27.6 Å². The van der Waals surface area contributed by atoms with E-state index in [1.54, 1.807) is 11.3 Å². The highest BCUT2D eigenvalue weighted by molar-refractivity contribution is 8.01. The number of nitrogens with one attached hydrogen (secondary N) is 1. The second kappa shape index (κ2) is 7.89. The van der Waals surface area contributed by atoms with Crippen LogP contribution < -0.4 is 5.32 Å². The first-order chi connectivity index (χ1) is 12.7. The van der Waals surface area contributed by atoms with Gasteiger partial charge < -0.3 is 10.2 Å². The lowest BCUT2D eigenvalue weighted by atomic mass is 9.99. The van der Waals surface area contributed by atoms with Crippen molar-refractivity contribution >= 4 is 55.7 Å². The topological polar surface area (TPSA) is 71.0 Å². The molecule has 1 N–H and O–H groups in total. The molecule has 0 radical (unpaired) electrons. The van der Waals surface area contributed by atoms with Crippen molar-refractivity contribution in [1.82, 2.24) is 20.1 Å². The lowest BCUT2D eigenvalue weighted by molar-refractivity contribution is -0.129. The fraction of sp³-hybridized carbons (Fsp3) is 0.412. The zero-order chi connectivity index (χ0) is 17.9. The Hall–Kier alpha value is -1.71. The minimum atomic E-state index is 0.169. The fourth-order valence-corrected chi connectivity index (χ4v) is 5.76. The molecular formula is C17H19N5OS3. The van der Waals surface area contributed by atoms with Gasteiger partial charge in [0.1, 0.15) is 0 Å². The molecule has 3 heterocycles. The zero-order valence-corrected chi connectivity index (χ0v) is 16.8. The highest BCUT2D eigenvalue weighted by Crippen LogP contribution is 2.33. The number of carbonyl (C=O) groups excluding carboxylic acids is 1. The largest absolute Gasteiger partial charge is 0.363 e. The van der Waals surface area contributed by atoms with Crippen LogP contribution in [0.15, 0.2) is 28.6 Å². The maximum atomic E-state index is 12.6. The average molecular weight is 406 g/mol. The number of hydrogen-bond donors (Lipinski definition) is 1. The van der Waals surface area contributed by atoms with Crippen LogP contribution in [0.3, 0.4) is 0 Å². The molecular weight excluding hydrogens is 386 g/mol. The third-order valence-electron chi connectivity index (χ3n) is 4.37. The summed E-state index contributed by atoms with van der Waals surface area (Å²) in [7, 11) is 1.82. The number of para-hydroxylation sites is 1. The number of rotatable bonds is 5. The summed E-state index contributed by atoms with van der Waals surface area (Å²) >= 11 is 4.69. The summed E-state index contributed by atoms with van der Waals surface area (Å²) in [5.74, 6) is 0.916. The second-order valence-electron chi connectivity index (χ2n) is 6.11. The molecule has 26 heavy (non-hydrogen) atoms. The SMILES string of the molecule is CNc1nnc(SCC(=O)N2CCC[C@@H](c3nc4ccccc4s3)C2)s1. The number of carbonyl (C=O) groups is 1. The Balaban J connectivity index is 1.38. The van der Waals surface area contributed by atoms with E-state index in [1.807, 2.05) is 24.1 Å². The van der Waals surface area contributed by atoms with Crippen molar-refractivity contribution < 1.29 is 4.79 Å². The maximum Gasteiger partial charge on any atom is 0.233 e. The van der Waals surface area contributed by atoms with E-state index in [4.69, 9.17) is 4.98 Å². The van der Waals surface area contributed by atoms with Crippen LogP contribution in [0.2, 0.25) is 0 Å². The molecule has 3 aromatic rings. The number of likely N-dealkylation sites (tertiary alicyclic amines) is 1. The highest BCUT2D eigenvalue weighted by atomic mass is 32.2. The van der Waals surface area contributed by atoms with Gasteiger partial charge in [-0.05, 0) is 25.0 Å². The van der Waals surface area contributed by atoms with Gasteiger partial charge in [0.15, 0.2) is 4.34 Å². The normalized spacial score (nSPS) is 17.6. The molecule has 1 atom stereocenters. The van der Waals surface area contributed by atoms with Crippen LogP contribution in [0.1, 0.15) is 23.8 Å². The van der Waals surface area contributed by atoms with Crippen LogP contribution in [0.4, 0.5) is 5.13 Å². The summed E-state index contributed by atoms with van der Waals surface area (Å²) < 4.78 is 2.04. The Labute approximate surface area is 164 Å². The number of piperidine rings is 1. The minimum Gasteiger partial charge on any atom is -0.363 e. The Morgan fingerprint density at radius 3 is 3.04 bits per heavy atom. The molecule has 0 bridgehead atoms. The van der Waals surface area contributed by atoms with Crippen LogP contribution in [-0.4, -0.2) is 51.9 Å². The van der Waals surface area contributed by atoms with Gasteiger partial charge in [0, 0.05) is 26.1 Å². The van der Waals surface area contributed by atoms with Crippen LogP contribution in [0.25, 0.3) is 10.2 Å². The number of amides is 1. The smallest absolute Gasteiger partial charge is 0.233 e. The van der Waals surface area contributed by atoms with Crippen LogP contribution >= 0.6 is 34.4 Å². The summed E-state index contributed by atoms with van der Waals surface area (Å²) in [6.07, 6.45) is 2.12. The molecule has 1 fully saturated rings. The number of aromatic nitrogens is 3. The quantitative estimate of drug-likeness (QED) is 0.653. The zero-order valence-electron chi connectivity index (χ0n) is 14.3. The lowest BCUT2D eigenvalue weighted by Gasteiger charge is -2.31. The fourth-order valence-electron chi connectivity index (χ4n) is 3.05. The molecule has 0 saturated carbocycles. The van der Waals surface area contributed by atoms with E-state index < -0.39 is 0 Å². The number of thioether (sulfide) groups is 1. The van der Waals surface area contributed by atoms with E-state index in [-0.39, 0.29) is 5.91 Å². The number of fused-ring (bicyclic) bond motifs is 1. The molecule has 1 saturated heterocycles. The third-order valence-corrected chi connectivity index (χ3v) is 7.63. The first-order valence-corrected chi connectivity index (χ1v) is 11.1. The van der Waals surface area contributed by atoms with Crippen molar-refractivity contribution in [2.45, 2.75) is 23.1 Å². The Bertz CT molecular complexity index is 876. The average Bonchev–Trinajstić information content (AvgIpc) is 3.32. The standard InChI is InChI=1S/C17H19N5OS3/c1-18-16-20-21-17(26-16)24-10-14(23)22-8-4-5-11(9-22)15-19-12-6-2-3-7-13(12)25-15/h2-3,6-7,11H,4-5,8-10H2,1H3,(H,18,20)/t11-/m1/s1. The van der Waals surface area contributed by atoms with Gasteiger partial charge in [-0.1, -0.05) is 35.2 Å². The maximum absolute atomic E-state index is 12.6. The molecule has 1 amide bonds. The Morgan fingerprint density at radius 1 is 1.35 bits per heavy atom. The molecule has 6 nitrogen and oxygen atoms in total. The minimum absolute atomic E-state index is 0.169. The number of thiazole rings is 1. The van der Waals surface area contributed by atoms with Crippen LogP contribution in [0, 0.1) is 0 Å². The predicted octanol–water partition coefficient (Wildman–Crippen LogP) is 3.69. The van der Waals surface area contributed by atoms with E-state index in [0.717, 1.165) is 45.9 Å². The Morgan fingerprint density at radius 2 is 2.23 bits per heavy atom. The molecule has 1 aliphatic rings. The Kier molecular flexibility index (Phi) is 5.37. The van der Waals surface area contributed by atoms with Crippen LogP contribution in [-0.2, 0) is 4.79 Å². The second-order valence-corrected chi connectivity index (χ2v) is 9.37. The van der Waals surface area contributed by atoms with Gasteiger partial charge >= 0.3 is 0 Å². The highest BCUT2D eigenvalue weighted by Gasteiger charge is 2.27. The monoisotopic (exact) mass is 405 g/mol. The van der Waals surface area contributed by atoms with Crippen LogP contribution in [0.5, 0.6) is 0 Å². The van der Waals surface area contributed by atoms with Gasteiger partial charge in [0.2, 0.25) is 11.0 Å². The van der Waals surface area contributed by atoms with Gasteiger partial charge in [-0.25, -0.2) is 4.98 Å². The summed E-state index contributed by atoms with van der Waals surface area (Å²) in [4.78, 5) is 19.4. The first-order valence-electron chi connectivity index (χ1n) is 8.50. The van der Waals surface area contributed by atoms with Gasteiger partial charge in [-0.3, -0.25) is 4.79 Å². The van der Waals surface area contributed by atoms with E-state index in [1.165, 1.54) is 27.8 Å². The number of benzene rings is 1. The van der Waals surface area contributed by atoms with E-state index >= 15 is 0 Å². The molecule has 0 aliphatic carbocycles. The van der Waals surface area contributed by atoms with Crippen molar-refractivity contribution in [1.29, 1.82) is 0 Å². The van der Waals surface area contributed by atoms with E-state index in [9.17, 15) is 4.79 Å². The van der Waals surface area contributed by atoms with Gasteiger partial charge in [-0.2, -0.15) is 0 Å². The molecule has 0 unspecified atom stereocenters. The number of anilines is 1. The summed E-state index contributed by atoms with van der Waals surface area (Å²) in [5.41, 5.74) is 1.06. The van der Waals surface area contributed by atoms with Crippen molar-refractivity contribution in [3.63, 3.8) is 0 Å². The molecule has 2 aromatic heterocycles. The van der Waals surface area contributed by atoms with Crippen molar-refractivity contribution in [2.75, 3.05) is 31.2 Å². The van der Waals surface area contributed by atoms with Gasteiger partial charge in [0.25, 0.3) is 0 Å². The van der Waals surface area contributed by atoms with Gasteiger partial charge in [-0.15, -0.1) is 21.5 Å². The van der Waals surface area contributed by atoms with E-state index in [0.29, 0.717) is 11.7 Å². The molecule has 4 rings (SSSR count). The van der Waals surface area contributed by atoms with Crippen molar-refractivity contribution in [2.24, 2.45) is 0 Å². The molecule has 1 aliphatic heterocycles. The third kappa shape index (κ3) is 3.84. The summed E-state index contributed by atoms with van der Waals surface area (Å²) in [6, 6.07) is 8.23. The molecule has 136 valence electrons. The lowest BCUT2D eigenvalue weighted by Crippen LogP contribution is -2.40. The van der Waals surface area contributed by atoms with Crippen molar-refractivity contribution in [3.05, 3.63) is 29.3 Å². The molecule has 9 heteroatoms. The molecule has 1 aromatic carbocycles. The predicted molar refractivity (Wildman–Crippen MR) is 108 cm³/mol. The van der Waals surface area contributed by atoms with Crippen molar-refractivity contribution in [3.8, 4) is 0 Å².